The number of methoxy groups -OCH3 is 1. The molecule has 0 bridgehead atoms. The number of hydrogen-bond donors (Lipinski definition) is 2. The van der Waals surface area contributed by atoms with Gasteiger partial charge >= 0.3 is 0 Å². The monoisotopic (exact) mass is 356 g/mol. The fourth-order valence-electron chi connectivity index (χ4n) is 1.83. The molecule has 0 saturated carbocycles. The SMILES string of the molecule is COc1c(Cl)cc(C(=O)NCCNC(=O)c2ccco2)cc1Cl. The quantitative estimate of drug-likeness (QED) is 0.779. The zero-order chi connectivity index (χ0) is 16.8. The van der Waals surface area contributed by atoms with Crippen LogP contribution in [0.2, 0.25) is 10.0 Å². The van der Waals surface area contributed by atoms with E-state index >= 15 is 0 Å². The Balaban J connectivity index is 1.84. The van der Waals surface area contributed by atoms with Gasteiger partial charge in [-0.05, 0) is 24.3 Å². The van der Waals surface area contributed by atoms with Gasteiger partial charge in [-0.1, -0.05) is 23.2 Å². The van der Waals surface area contributed by atoms with E-state index in [1.54, 1.807) is 12.1 Å². The Hall–Kier alpha value is -2.18. The molecule has 0 saturated heterocycles. The van der Waals surface area contributed by atoms with Gasteiger partial charge in [0.2, 0.25) is 0 Å². The molecular formula is C15H14Cl2N2O4. The van der Waals surface area contributed by atoms with Crippen molar-refractivity contribution in [1.82, 2.24) is 10.6 Å². The highest BCUT2D eigenvalue weighted by molar-refractivity contribution is 6.37. The number of nitrogens with one attached hydrogen (secondary N) is 2. The van der Waals surface area contributed by atoms with E-state index < -0.39 is 0 Å². The molecule has 6 nitrogen and oxygen atoms in total. The summed E-state index contributed by atoms with van der Waals surface area (Å²) in [5.41, 5.74) is 0.304. The van der Waals surface area contributed by atoms with Crippen molar-refractivity contribution < 1.29 is 18.7 Å². The van der Waals surface area contributed by atoms with Crippen molar-refractivity contribution in [2.24, 2.45) is 0 Å². The number of hydrogen-bond acceptors (Lipinski definition) is 4. The second-order valence-electron chi connectivity index (χ2n) is 4.46. The Morgan fingerprint density at radius 3 is 2.26 bits per heavy atom. The van der Waals surface area contributed by atoms with Gasteiger partial charge in [-0.3, -0.25) is 9.59 Å². The predicted molar refractivity (Wildman–Crippen MR) is 86.4 cm³/mol. The van der Waals surface area contributed by atoms with Crippen LogP contribution >= 0.6 is 23.2 Å². The Labute approximate surface area is 142 Å². The smallest absolute Gasteiger partial charge is 0.287 e. The molecule has 2 rings (SSSR count). The third-order valence-corrected chi connectivity index (χ3v) is 3.47. The molecule has 0 fully saturated rings. The van der Waals surface area contributed by atoms with Crippen LogP contribution in [0.15, 0.2) is 34.9 Å². The van der Waals surface area contributed by atoms with Crippen LogP contribution in [0, 0.1) is 0 Å². The van der Waals surface area contributed by atoms with Gasteiger partial charge in [0.1, 0.15) is 0 Å². The molecule has 2 amide bonds. The number of halogens is 2. The highest BCUT2D eigenvalue weighted by atomic mass is 35.5. The zero-order valence-corrected chi connectivity index (χ0v) is 13.7. The van der Waals surface area contributed by atoms with Crippen molar-refractivity contribution in [3.05, 3.63) is 51.9 Å². The molecule has 1 heterocycles. The van der Waals surface area contributed by atoms with Gasteiger partial charge in [0.25, 0.3) is 11.8 Å². The van der Waals surface area contributed by atoms with Gasteiger partial charge in [-0.2, -0.15) is 0 Å². The first-order chi connectivity index (χ1) is 11.0. The van der Waals surface area contributed by atoms with Crippen molar-refractivity contribution in [3.8, 4) is 5.75 Å². The van der Waals surface area contributed by atoms with E-state index in [-0.39, 0.29) is 40.7 Å². The highest BCUT2D eigenvalue weighted by Gasteiger charge is 2.13. The van der Waals surface area contributed by atoms with Crippen molar-refractivity contribution in [2.75, 3.05) is 20.2 Å². The maximum Gasteiger partial charge on any atom is 0.287 e. The number of amides is 2. The van der Waals surface area contributed by atoms with Crippen LogP contribution < -0.4 is 15.4 Å². The lowest BCUT2D eigenvalue weighted by molar-refractivity contribution is 0.0910. The maximum absolute atomic E-state index is 12.0. The molecule has 0 unspecified atom stereocenters. The lowest BCUT2D eigenvalue weighted by Gasteiger charge is -2.09. The summed E-state index contributed by atoms with van der Waals surface area (Å²) in [6, 6.07) is 6.09. The van der Waals surface area contributed by atoms with Crippen LogP contribution in [0.1, 0.15) is 20.9 Å². The molecular weight excluding hydrogens is 343 g/mol. The van der Waals surface area contributed by atoms with Gasteiger partial charge in [-0.15, -0.1) is 0 Å². The summed E-state index contributed by atoms with van der Waals surface area (Å²) in [6.45, 7) is 0.495. The van der Waals surface area contributed by atoms with Gasteiger partial charge < -0.3 is 19.8 Å². The molecule has 1 aromatic carbocycles. The molecule has 2 N–H and O–H groups in total. The van der Waals surface area contributed by atoms with E-state index in [4.69, 9.17) is 32.4 Å². The molecule has 8 heteroatoms. The summed E-state index contributed by atoms with van der Waals surface area (Å²) in [4.78, 5) is 23.6. The largest absolute Gasteiger partial charge is 0.494 e. The topological polar surface area (TPSA) is 80.6 Å². The van der Waals surface area contributed by atoms with Gasteiger partial charge in [0, 0.05) is 18.7 Å². The number of furan rings is 1. The summed E-state index contributed by atoms with van der Waals surface area (Å²) in [5.74, 6) is -0.177. The second kappa shape index (κ2) is 7.89. The van der Waals surface area contributed by atoms with E-state index in [0.29, 0.717) is 11.3 Å². The fraction of sp³-hybridized carbons (Fsp3) is 0.200. The minimum atomic E-state index is -0.358. The number of rotatable bonds is 6. The highest BCUT2D eigenvalue weighted by Crippen LogP contribution is 2.33. The zero-order valence-electron chi connectivity index (χ0n) is 12.2. The molecule has 23 heavy (non-hydrogen) atoms. The minimum Gasteiger partial charge on any atom is -0.494 e. The molecule has 2 aromatic rings. The second-order valence-corrected chi connectivity index (χ2v) is 5.28. The molecule has 0 aliphatic heterocycles. The number of ether oxygens (including phenoxy) is 1. The van der Waals surface area contributed by atoms with E-state index in [9.17, 15) is 9.59 Å². The average Bonchev–Trinajstić information content (AvgIpc) is 3.05. The van der Waals surface area contributed by atoms with Crippen LogP contribution in [0.25, 0.3) is 0 Å². The Kier molecular flexibility index (Phi) is 5.90. The van der Waals surface area contributed by atoms with E-state index in [0.717, 1.165) is 0 Å². The van der Waals surface area contributed by atoms with Gasteiger partial charge in [-0.25, -0.2) is 0 Å². The van der Waals surface area contributed by atoms with Crippen LogP contribution in [0.4, 0.5) is 0 Å². The Morgan fingerprint density at radius 2 is 1.74 bits per heavy atom. The first kappa shape index (κ1) is 17.2. The minimum absolute atomic E-state index is 0.213. The third-order valence-electron chi connectivity index (χ3n) is 2.91. The van der Waals surface area contributed by atoms with Crippen molar-refractivity contribution in [1.29, 1.82) is 0 Å². The third kappa shape index (κ3) is 4.40. The van der Waals surface area contributed by atoms with Crippen molar-refractivity contribution in [2.45, 2.75) is 0 Å². The molecule has 0 atom stereocenters. The Morgan fingerprint density at radius 1 is 1.13 bits per heavy atom. The van der Waals surface area contributed by atoms with Gasteiger partial charge in [0.05, 0.1) is 23.4 Å². The molecule has 0 aliphatic carbocycles. The maximum atomic E-state index is 12.0. The van der Waals surface area contributed by atoms with Crippen LogP contribution in [0.5, 0.6) is 5.75 Å². The number of benzene rings is 1. The lowest BCUT2D eigenvalue weighted by Crippen LogP contribution is -2.34. The molecule has 122 valence electrons. The predicted octanol–water partition coefficient (Wildman–Crippen LogP) is 2.75. The summed E-state index contributed by atoms with van der Waals surface area (Å²) < 4.78 is 9.97. The lowest BCUT2D eigenvalue weighted by atomic mass is 10.2. The molecule has 0 radical (unpaired) electrons. The first-order valence-corrected chi connectivity index (χ1v) is 7.41. The van der Waals surface area contributed by atoms with E-state index in [2.05, 4.69) is 10.6 Å². The van der Waals surface area contributed by atoms with Crippen molar-refractivity contribution >= 4 is 35.0 Å². The number of carbonyl (C=O) groups is 2. The summed E-state index contributed by atoms with van der Waals surface area (Å²) in [5, 5.41) is 5.76. The average molecular weight is 357 g/mol. The molecule has 0 aliphatic rings. The van der Waals surface area contributed by atoms with Gasteiger partial charge in [0.15, 0.2) is 11.5 Å². The first-order valence-electron chi connectivity index (χ1n) is 6.66. The summed E-state index contributed by atoms with van der Waals surface area (Å²) in [6.07, 6.45) is 1.41. The van der Waals surface area contributed by atoms with Crippen LogP contribution in [-0.4, -0.2) is 32.0 Å². The summed E-state index contributed by atoms with van der Waals surface area (Å²) >= 11 is 12.0. The standard InChI is InChI=1S/C15H14Cl2N2O4/c1-22-13-10(16)7-9(8-11(13)17)14(20)18-4-5-19-15(21)12-3-2-6-23-12/h2-3,6-8H,4-5H2,1H3,(H,18,20)(H,19,21). The van der Waals surface area contributed by atoms with E-state index in [1.165, 1.54) is 25.5 Å². The van der Waals surface area contributed by atoms with Crippen LogP contribution in [-0.2, 0) is 0 Å². The summed E-state index contributed by atoms with van der Waals surface area (Å²) in [7, 11) is 1.44. The van der Waals surface area contributed by atoms with Crippen LogP contribution in [0.3, 0.4) is 0 Å². The molecule has 0 spiro atoms. The number of carbonyl (C=O) groups excluding carboxylic acids is 2. The normalized spacial score (nSPS) is 10.2. The Bertz CT molecular complexity index is 679. The van der Waals surface area contributed by atoms with E-state index in [1.807, 2.05) is 0 Å². The van der Waals surface area contributed by atoms with Crippen molar-refractivity contribution in [3.63, 3.8) is 0 Å². The molecule has 1 aromatic heterocycles. The fourth-order valence-corrected chi connectivity index (χ4v) is 2.48.